The van der Waals surface area contributed by atoms with E-state index in [-0.39, 0.29) is 5.92 Å². The summed E-state index contributed by atoms with van der Waals surface area (Å²) < 4.78 is 27.6. The maximum absolute atomic E-state index is 11.3. The second-order valence-corrected chi connectivity index (χ2v) is 6.47. The fourth-order valence-corrected chi connectivity index (χ4v) is 3.79. The van der Waals surface area contributed by atoms with E-state index < -0.39 is 9.84 Å². The molecule has 1 atom stereocenters. The van der Waals surface area contributed by atoms with Crippen molar-refractivity contribution in [1.82, 2.24) is 4.98 Å². The summed E-state index contributed by atoms with van der Waals surface area (Å²) in [4.78, 5) is 4.00. The Hall–Kier alpha value is -1.30. The number of methoxy groups -OCH3 is 1. The van der Waals surface area contributed by atoms with Gasteiger partial charge in [-0.15, -0.1) is 0 Å². The van der Waals surface area contributed by atoms with E-state index in [4.69, 9.17) is 4.74 Å². The van der Waals surface area contributed by atoms with Gasteiger partial charge in [0.15, 0.2) is 9.84 Å². The average molecular weight is 256 g/mol. The molecule has 0 saturated carbocycles. The van der Waals surface area contributed by atoms with Crippen molar-refractivity contribution < 1.29 is 13.2 Å². The highest BCUT2D eigenvalue weighted by Crippen LogP contribution is 2.20. The van der Waals surface area contributed by atoms with Crippen molar-refractivity contribution in [3.63, 3.8) is 0 Å². The third kappa shape index (κ3) is 3.33. The van der Waals surface area contributed by atoms with E-state index in [1.54, 1.807) is 19.4 Å². The van der Waals surface area contributed by atoms with Crippen molar-refractivity contribution in [3.8, 4) is 5.88 Å². The average Bonchev–Trinajstić information content (AvgIpc) is 2.67. The first-order valence-corrected chi connectivity index (χ1v) is 7.35. The van der Waals surface area contributed by atoms with Gasteiger partial charge in [0.25, 0.3) is 0 Å². The van der Waals surface area contributed by atoms with Gasteiger partial charge < -0.3 is 10.1 Å². The molecule has 2 heterocycles. The fraction of sp³-hybridized carbons (Fsp3) is 0.545. The smallest absolute Gasteiger partial charge is 0.214 e. The van der Waals surface area contributed by atoms with Crippen LogP contribution in [0.1, 0.15) is 6.42 Å². The van der Waals surface area contributed by atoms with Gasteiger partial charge in [0.05, 0.1) is 18.6 Å². The van der Waals surface area contributed by atoms with Crippen molar-refractivity contribution in [3.05, 3.63) is 18.3 Å². The van der Waals surface area contributed by atoms with Crippen LogP contribution in [-0.4, -0.2) is 38.6 Å². The Bertz CT molecular complexity index is 487. The normalized spacial score (nSPS) is 22.3. The minimum atomic E-state index is -2.79. The molecule has 0 aliphatic carbocycles. The van der Waals surface area contributed by atoms with E-state index in [9.17, 15) is 8.42 Å². The summed E-state index contributed by atoms with van der Waals surface area (Å²) in [5.74, 6) is 1.37. The lowest BCUT2D eigenvalue weighted by Gasteiger charge is -2.11. The fourth-order valence-electron chi connectivity index (χ4n) is 1.93. The summed E-state index contributed by atoms with van der Waals surface area (Å²) in [6.07, 6.45) is 2.41. The molecule has 0 bridgehead atoms. The second kappa shape index (κ2) is 4.91. The Labute approximate surface area is 101 Å². The van der Waals surface area contributed by atoms with Crippen LogP contribution in [0.4, 0.5) is 5.69 Å². The first kappa shape index (κ1) is 12.2. The maximum atomic E-state index is 11.3. The van der Waals surface area contributed by atoms with Gasteiger partial charge >= 0.3 is 0 Å². The molecule has 1 aromatic heterocycles. The summed E-state index contributed by atoms with van der Waals surface area (Å²) in [7, 11) is -1.22. The number of aromatic nitrogens is 1. The lowest BCUT2D eigenvalue weighted by molar-refractivity contribution is 0.398. The lowest BCUT2D eigenvalue weighted by atomic mass is 10.1. The molecule has 0 spiro atoms. The van der Waals surface area contributed by atoms with Crippen LogP contribution in [0.3, 0.4) is 0 Å². The summed E-state index contributed by atoms with van der Waals surface area (Å²) in [6, 6.07) is 3.63. The van der Waals surface area contributed by atoms with E-state index in [0.29, 0.717) is 23.9 Å². The first-order valence-electron chi connectivity index (χ1n) is 5.53. The highest BCUT2D eigenvalue weighted by Gasteiger charge is 2.27. The number of ether oxygens (including phenoxy) is 1. The molecule has 1 aliphatic rings. The predicted molar refractivity (Wildman–Crippen MR) is 66.0 cm³/mol. The van der Waals surface area contributed by atoms with Crippen LogP contribution in [0.25, 0.3) is 0 Å². The quantitative estimate of drug-likeness (QED) is 0.868. The SMILES string of the molecule is COc1cc(NCC2CCS(=O)(=O)C2)ccn1. The van der Waals surface area contributed by atoms with Crippen molar-refractivity contribution in [2.24, 2.45) is 5.92 Å². The molecule has 1 aromatic rings. The maximum Gasteiger partial charge on any atom is 0.214 e. The van der Waals surface area contributed by atoms with Crippen LogP contribution in [-0.2, 0) is 9.84 Å². The van der Waals surface area contributed by atoms with Gasteiger partial charge in [-0.1, -0.05) is 0 Å². The van der Waals surface area contributed by atoms with Gasteiger partial charge in [-0.3, -0.25) is 0 Å². The third-order valence-electron chi connectivity index (χ3n) is 2.87. The number of hydrogen-bond donors (Lipinski definition) is 1. The van der Waals surface area contributed by atoms with Gasteiger partial charge in [-0.2, -0.15) is 0 Å². The molecule has 0 amide bonds. The standard InChI is InChI=1S/C11H16N2O3S/c1-16-11-6-10(2-4-12-11)13-7-9-3-5-17(14,15)8-9/h2,4,6,9H,3,5,7-8H2,1H3,(H,12,13). The van der Waals surface area contributed by atoms with Gasteiger partial charge in [0, 0.05) is 24.5 Å². The van der Waals surface area contributed by atoms with Crippen LogP contribution in [0.15, 0.2) is 18.3 Å². The van der Waals surface area contributed by atoms with E-state index in [2.05, 4.69) is 10.3 Å². The molecule has 0 aromatic carbocycles. The molecule has 94 valence electrons. The Morgan fingerprint density at radius 2 is 2.41 bits per heavy atom. The summed E-state index contributed by atoms with van der Waals surface area (Å²) in [6.45, 7) is 0.673. The molecule has 5 nitrogen and oxygen atoms in total. The van der Waals surface area contributed by atoms with Gasteiger partial charge in [-0.05, 0) is 18.4 Å². The first-order chi connectivity index (χ1) is 8.09. The number of nitrogens with zero attached hydrogens (tertiary/aromatic N) is 1. The van der Waals surface area contributed by atoms with Crippen LogP contribution in [0, 0.1) is 5.92 Å². The monoisotopic (exact) mass is 256 g/mol. The molecule has 17 heavy (non-hydrogen) atoms. The molecule has 1 saturated heterocycles. The lowest BCUT2D eigenvalue weighted by Crippen LogP contribution is -2.15. The van der Waals surface area contributed by atoms with Gasteiger partial charge in [-0.25, -0.2) is 13.4 Å². The molecule has 1 unspecified atom stereocenters. The van der Waals surface area contributed by atoms with Crippen LogP contribution < -0.4 is 10.1 Å². The molecule has 1 fully saturated rings. The zero-order valence-corrected chi connectivity index (χ0v) is 10.5. The largest absolute Gasteiger partial charge is 0.481 e. The molecule has 6 heteroatoms. The van der Waals surface area contributed by atoms with Crippen molar-refractivity contribution in [2.45, 2.75) is 6.42 Å². The third-order valence-corrected chi connectivity index (χ3v) is 4.70. The van der Waals surface area contributed by atoms with Crippen molar-refractivity contribution in [1.29, 1.82) is 0 Å². The van der Waals surface area contributed by atoms with E-state index >= 15 is 0 Å². The highest BCUT2D eigenvalue weighted by atomic mass is 32.2. The number of rotatable bonds is 4. The van der Waals surface area contributed by atoms with Crippen molar-refractivity contribution >= 4 is 15.5 Å². The minimum Gasteiger partial charge on any atom is -0.481 e. The summed E-state index contributed by atoms with van der Waals surface area (Å²) in [5, 5.41) is 3.21. The Balaban J connectivity index is 1.90. The Kier molecular flexibility index (Phi) is 3.51. The second-order valence-electron chi connectivity index (χ2n) is 4.24. The number of hydrogen-bond acceptors (Lipinski definition) is 5. The van der Waals surface area contributed by atoms with Crippen LogP contribution in [0.2, 0.25) is 0 Å². The Morgan fingerprint density at radius 3 is 3.06 bits per heavy atom. The van der Waals surface area contributed by atoms with Crippen LogP contribution >= 0.6 is 0 Å². The number of pyridine rings is 1. The number of anilines is 1. The van der Waals surface area contributed by atoms with E-state index in [0.717, 1.165) is 12.1 Å². The molecule has 2 rings (SSSR count). The van der Waals surface area contributed by atoms with E-state index in [1.807, 2.05) is 6.07 Å². The van der Waals surface area contributed by atoms with E-state index in [1.165, 1.54) is 0 Å². The molecule has 0 radical (unpaired) electrons. The molecular formula is C11H16N2O3S. The minimum absolute atomic E-state index is 0.208. The van der Waals surface area contributed by atoms with Gasteiger partial charge in [0.2, 0.25) is 5.88 Å². The zero-order chi connectivity index (χ0) is 12.3. The summed E-state index contributed by atoms with van der Waals surface area (Å²) in [5.41, 5.74) is 0.904. The number of sulfone groups is 1. The highest BCUT2D eigenvalue weighted by molar-refractivity contribution is 7.91. The zero-order valence-electron chi connectivity index (χ0n) is 9.72. The topological polar surface area (TPSA) is 68.3 Å². The Morgan fingerprint density at radius 1 is 1.59 bits per heavy atom. The van der Waals surface area contributed by atoms with Crippen LogP contribution in [0.5, 0.6) is 5.88 Å². The summed E-state index contributed by atoms with van der Waals surface area (Å²) >= 11 is 0. The molecule has 1 N–H and O–H groups in total. The van der Waals surface area contributed by atoms with Crippen molar-refractivity contribution in [2.75, 3.05) is 30.5 Å². The number of nitrogens with one attached hydrogen (secondary N) is 1. The molecular weight excluding hydrogens is 240 g/mol. The predicted octanol–water partition coefficient (Wildman–Crippen LogP) is 0.937. The molecule has 1 aliphatic heterocycles. The van der Waals surface area contributed by atoms with Gasteiger partial charge in [0.1, 0.15) is 0 Å².